The number of carbonyl (C=O) groups excluding carboxylic acids is 1. The molecule has 1 aliphatic rings. The van der Waals surface area contributed by atoms with Gasteiger partial charge in [0.25, 0.3) is 0 Å². The first-order valence-corrected chi connectivity index (χ1v) is 8.74. The summed E-state index contributed by atoms with van der Waals surface area (Å²) in [6, 6.07) is 7.23. The molecule has 0 amide bonds. The SMILES string of the molecule is O=C(CC[Se]C1CCCC1)c1ccc(Cl)cc1. The molecule has 0 spiro atoms. The number of carbonyl (C=O) groups is 1. The van der Waals surface area contributed by atoms with Crippen LogP contribution in [0.5, 0.6) is 0 Å². The van der Waals surface area contributed by atoms with Gasteiger partial charge in [-0.3, -0.25) is 0 Å². The second kappa shape index (κ2) is 6.58. The number of halogens is 1. The Kier molecular flexibility index (Phi) is 5.09. The molecular formula is C14H17ClOSe. The van der Waals surface area contributed by atoms with Crippen LogP contribution in [0.4, 0.5) is 0 Å². The van der Waals surface area contributed by atoms with Gasteiger partial charge in [-0.15, -0.1) is 0 Å². The molecule has 0 N–H and O–H groups in total. The third-order valence-electron chi connectivity index (χ3n) is 3.15. The molecule has 3 heteroatoms. The molecule has 0 heterocycles. The Morgan fingerprint density at radius 2 is 1.88 bits per heavy atom. The van der Waals surface area contributed by atoms with Gasteiger partial charge >= 0.3 is 114 Å². The van der Waals surface area contributed by atoms with Crippen LogP contribution in [-0.4, -0.2) is 20.7 Å². The molecule has 92 valence electrons. The molecule has 17 heavy (non-hydrogen) atoms. The summed E-state index contributed by atoms with van der Waals surface area (Å²) in [7, 11) is 0. The first-order valence-electron chi connectivity index (χ1n) is 6.16. The molecule has 0 radical (unpaired) electrons. The number of hydrogen-bond acceptors (Lipinski definition) is 1. The van der Waals surface area contributed by atoms with E-state index >= 15 is 0 Å². The van der Waals surface area contributed by atoms with E-state index in [1.54, 1.807) is 12.1 Å². The van der Waals surface area contributed by atoms with Gasteiger partial charge in [0.1, 0.15) is 0 Å². The molecular weight excluding hydrogens is 299 g/mol. The molecule has 0 unspecified atom stereocenters. The maximum atomic E-state index is 11.9. The molecule has 0 atom stereocenters. The summed E-state index contributed by atoms with van der Waals surface area (Å²) in [5.41, 5.74) is 0.802. The predicted molar refractivity (Wildman–Crippen MR) is 73.2 cm³/mol. The normalized spacial score (nSPS) is 16.3. The monoisotopic (exact) mass is 316 g/mol. The van der Waals surface area contributed by atoms with Crippen molar-refractivity contribution in [1.29, 1.82) is 0 Å². The van der Waals surface area contributed by atoms with Gasteiger partial charge in [-0.25, -0.2) is 0 Å². The van der Waals surface area contributed by atoms with Crippen LogP contribution in [0, 0.1) is 0 Å². The number of hydrogen-bond donors (Lipinski definition) is 0. The zero-order chi connectivity index (χ0) is 12.1. The topological polar surface area (TPSA) is 17.1 Å². The summed E-state index contributed by atoms with van der Waals surface area (Å²) in [6.07, 6.45) is 6.30. The van der Waals surface area contributed by atoms with Crippen molar-refractivity contribution in [3.63, 3.8) is 0 Å². The number of benzene rings is 1. The van der Waals surface area contributed by atoms with Gasteiger partial charge in [0.15, 0.2) is 0 Å². The quantitative estimate of drug-likeness (QED) is 0.581. The van der Waals surface area contributed by atoms with Gasteiger partial charge in [-0.1, -0.05) is 0 Å². The minimum absolute atomic E-state index is 0.265. The zero-order valence-electron chi connectivity index (χ0n) is 9.82. The van der Waals surface area contributed by atoms with Crippen LogP contribution in [0.3, 0.4) is 0 Å². The summed E-state index contributed by atoms with van der Waals surface area (Å²) < 4.78 is 0. The van der Waals surface area contributed by atoms with E-state index < -0.39 is 0 Å². The average Bonchev–Trinajstić information content (AvgIpc) is 2.83. The van der Waals surface area contributed by atoms with E-state index in [2.05, 4.69) is 0 Å². The standard InChI is InChI=1S/C14H17ClOSe/c15-12-7-5-11(6-8-12)14(16)9-10-17-13-3-1-2-4-13/h5-8,13H,1-4,9-10H2. The second-order valence-electron chi connectivity index (χ2n) is 4.46. The molecule has 1 aromatic rings. The molecule has 1 aromatic carbocycles. The molecule has 2 rings (SSSR count). The molecule has 0 aliphatic heterocycles. The Morgan fingerprint density at radius 1 is 1.24 bits per heavy atom. The zero-order valence-corrected chi connectivity index (χ0v) is 12.3. The molecule has 1 fully saturated rings. The van der Waals surface area contributed by atoms with E-state index in [4.69, 9.17) is 11.6 Å². The molecule has 1 aliphatic carbocycles. The van der Waals surface area contributed by atoms with E-state index in [9.17, 15) is 4.79 Å². The van der Waals surface area contributed by atoms with Crippen molar-refractivity contribution < 1.29 is 4.79 Å². The fourth-order valence-electron chi connectivity index (χ4n) is 2.15. The van der Waals surface area contributed by atoms with Crippen LogP contribution in [0.1, 0.15) is 42.5 Å². The van der Waals surface area contributed by atoms with Gasteiger partial charge < -0.3 is 0 Å². The Bertz CT molecular complexity index is 368. The summed E-state index contributed by atoms with van der Waals surface area (Å²) in [5, 5.41) is 1.79. The molecule has 0 bridgehead atoms. The van der Waals surface area contributed by atoms with Gasteiger partial charge in [-0.2, -0.15) is 0 Å². The Morgan fingerprint density at radius 3 is 2.53 bits per heavy atom. The van der Waals surface area contributed by atoms with Crippen molar-refractivity contribution in [2.24, 2.45) is 0 Å². The molecule has 0 saturated heterocycles. The fraction of sp³-hybridized carbons (Fsp3) is 0.500. The fourth-order valence-corrected chi connectivity index (χ4v) is 5.01. The predicted octanol–water partition coefficient (Wildman–Crippen LogP) is 4.40. The van der Waals surface area contributed by atoms with Crippen LogP contribution in [0.25, 0.3) is 0 Å². The number of ketones is 1. The summed E-state index contributed by atoms with van der Waals surface area (Å²) in [6.45, 7) is 0. The Hall–Kier alpha value is -0.301. The van der Waals surface area contributed by atoms with Crippen LogP contribution in [0.15, 0.2) is 24.3 Å². The molecule has 1 nitrogen and oxygen atoms in total. The van der Waals surface area contributed by atoms with E-state index in [-0.39, 0.29) is 5.78 Å². The van der Waals surface area contributed by atoms with Gasteiger partial charge in [0, 0.05) is 0 Å². The van der Waals surface area contributed by atoms with E-state index in [1.165, 1.54) is 25.7 Å². The van der Waals surface area contributed by atoms with E-state index in [0.29, 0.717) is 26.4 Å². The van der Waals surface area contributed by atoms with Gasteiger partial charge in [-0.05, 0) is 0 Å². The Balaban J connectivity index is 1.75. The van der Waals surface area contributed by atoms with Crippen molar-refractivity contribution in [3.05, 3.63) is 34.9 Å². The minimum atomic E-state index is 0.265. The maximum absolute atomic E-state index is 11.9. The summed E-state index contributed by atoms with van der Waals surface area (Å²) >= 11 is 6.46. The second-order valence-corrected chi connectivity index (χ2v) is 7.85. The van der Waals surface area contributed by atoms with Crippen molar-refractivity contribution >= 4 is 32.3 Å². The first-order chi connectivity index (χ1) is 8.25. The summed E-state index contributed by atoms with van der Waals surface area (Å²) in [5.74, 6) is 0.265. The third-order valence-corrected chi connectivity index (χ3v) is 6.30. The van der Waals surface area contributed by atoms with E-state index in [1.807, 2.05) is 12.1 Å². The van der Waals surface area contributed by atoms with Crippen LogP contribution < -0.4 is 0 Å². The van der Waals surface area contributed by atoms with Gasteiger partial charge in [0.2, 0.25) is 0 Å². The first kappa shape index (κ1) is 13.1. The van der Waals surface area contributed by atoms with Crippen molar-refractivity contribution in [1.82, 2.24) is 0 Å². The number of Topliss-reactive ketones (excluding diaryl/α,β-unsaturated/α-hetero) is 1. The van der Waals surface area contributed by atoms with Crippen LogP contribution in [-0.2, 0) is 0 Å². The number of rotatable bonds is 5. The van der Waals surface area contributed by atoms with Crippen LogP contribution in [0.2, 0.25) is 15.2 Å². The van der Waals surface area contributed by atoms with Crippen LogP contribution >= 0.6 is 11.6 Å². The molecule has 1 saturated carbocycles. The molecule has 0 aromatic heterocycles. The Labute approximate surface area is 114 Å². The van der Waals surface area contributed by atoms with Crippen molar-refractivity contribution in [3.8, 4) is 0 Å². The van der Waals surface area contributed by atoms with Gasteiger partial charge in [0.05, 0.1) is 0 Å². The summed E-state index contributed by atoms with van der Waals surface area (Å²) in [4.78, 5) is 12.8. The van der Waals surface area contributed by atoms with Crippen molar-refractivity contribution in [2.75, 3.05) is 0 Å². The van der Waals surface area contributed by atoms with Crippen molar-refractivity contribution in [2.45, 2.75) is 42.2 Å². The van der Waals surface area contributed by atoms with E-state index in [0.717, 1.165) is 15.7 Å². The third kappa shape index (κ3) is 4.13. The average molecular weight is 316 g/mol.